The van der Waals surface area contributed by atoms with Gasteiger partial charge in [-0.3, -0.25) is 0 Å². The molecule has 1 aromatic carbocycles. The molecule has 1 atom stereocenters. The van der Waals surface area contributed by atoms with E-state index in [-0.39, 0.29) is 11.9 Å². The number of anilines is 1. The van der Waals surface area contributed by atoms with Crippen molar-refractivity contribution >= 4 is 28.3 Å². The standard InChI is InChI=1S/C10H13FINO/c1-2-8(14)6-13-10-4-3-7(11)5-9(10)12/h3-5,8,13-14H,2,6H2,1H3. The van der Waals surface area contributed by atoms with Crippen LogP contribution in [0.4, 0.5) is 10.1 Å². The van der Waals surface area contributed by atoms with Crippen molar-refractivity contribution < 1.29 is 9.50 Å². The molecule has 1 unspecified atom stereocenters. The third kappa shape index (κ3) is 3.42. The lowest BCUT2D eigenvalue weighted by molar-refractivity contribution is 0.183. The molecule has 0 bridgehead atoms. The fourth-order valence-electron chi connectivity index (χ4n) is 1.00. The number of hydrogen-bond donors (Lipinski definition) is 2. The summed E-state index contributed by atoms with van der Waals surface area (Å²) in [5, 5.41) is 12.4. The second-order valence-corrected chi connectivity index (χ2v) is 4.23. The number of aliphatic hydroxyl groups excluding tert-OH is 1. The van der Waals surface area contributed by atoms with Crippen LogP contribution in [0, 0.1) is 9.39 Å². The number of aliphatic hydroxyl groups is 1. The normalized spacial score (nSPS) is 12.6. The van der Waals surface area contributed by atoms with Crippen molar-refractivity contribution in [2.45, 2.75) is 19.4 Å². The average molecular weight is 309 g/mol. The van der Waals surface area contributed by atoms with Crippen molar-refractivity contribution in [1.29, 1.82) is 0 Å². The number of halogens is 2. The van der Waals surface area contributed by atoms with Gasteiger partial charge in [-0.15, -0.1) is 0 Å². The maximum atomic E-state index is 12.7. The summed E-state index contributed by atoms with van der Waals surface area (Å²) in [5.41, 5.74) is 0.861. The van der Waals surface area contributed by atoms with Gasteiger partial charge in [0.25, 0.3) is 0 Å². The predicted octanol–water partition coefficient (Wildman–Crippen LogP) is 2.61. The van der Waals surface area contributed by atoms with Gasteiger partial charge in [0.15, 0.2) is 0 Å². The summed E-state index contributed by atoms with van der Waals surface area (Å²) >= 11 is 2.06. The Morgan fingerprint density at radius 3 is 2.86 bits per heavy atom. The molecule has 0 aromatic heterocycles. The molecule has 0 spiro atoms. The first-order chi connectivity index (χ1) is 6.63. The maximum Gasteiger partial charge on any atom is 0.124 e. The van der Waals surface area contributed by atoms with Crippen LogP contribution < -0.4 is 5.32 Å². The van der Waals surface area contributed by atoms with Gasteiger partial charge in [-0.05, 0) is 47.2 Å². The minimum atomic E-state index is -0.351. The van der Waals surface area contributed by atoms with Crippen LogP contribution in [0.15, 0.2) is 18.2 Å². The Bertz CT molecular complexity index is 306. The second-order valence-electron chi connectivity index (χ2n) is 3.07. The van der Waals surface area contributed by atoms with E-state index in [1.807, 2.05) is 6.92 Å². The highest BCUT2D eigenvalue weighted by Crippen LogP contribution is 2.18. The lowest BCUT2D eigenvalue weighted by atomic mass is 10.2. The molecule has 0 amide bonds. The van der Waals surface area contributed by atoms with Gasteiger partial charge in [0.2, 0.25) is 0 Å². The van der Waals surface area contributed by atoms with E-state index < -0.39 is 0 Å². The van der Waals surface area contributed by atoms with Crippen LogP contribution in [0.2, 0.25) is 0 Å². The van der Waals surface area contributed by atoms with Crippen molar-refractivity contribution in [3.8, 4) is 0 Å². The van der Waals surface area contributed by atoms with Crippen LogP contribution in [-0.2, 0) is 0 Å². The van der Waals surface area contributed by atoms with Crippen LogP contribution in [0.25, 0.3) is 0 Å². The topological polar surface area (TPSA) is 32.3 Å². The first-order valence-electron chi connectivity index (χ1n) is 4.50. The molecule has 1 rings (SSSR count). The first kappa shape index (κ1) is 11.7. The molecule has 2 N–H and O–H groups in total. The first-order valence-corrected chi connectivity index (χ1v) is 5.58. The van der Waals surface area contributed by atoms with E-state index in [0.29, 0.717) is 13.0 Å². The third-order valence-corrected chi connectivity index (χ3v) is 2.82. The van der Waals surface area contributed by atoms with Crippen molar-refractivity contribution in [3.63, 3.8) is 0 Å². The smallest absolute Gasteiger partial charge is 0.124 e. The molecule has 1 aromatic rings. The Balaban J connectivity index is 2.59. The predicted molar refractivity (Wildman–Crippen MR) is 63.9 cm³/mol. The summed E-state index contributed by atoms with van der Waals surface area (Å²) in [6.07, 6.45) is 0.362. The minimum absolute atomic E-state index is 0.240. The molecule has 2 nitrogen and oxygen atoms in total. The van der Waals surface area contributed by atoms with E-state index in [2.05, 4.69) is 27.9 Å². The quantitative estimate of drug-likeness (QED) is 0.838. The number of nitrogens with one attached hydrogen (secondary N) is 1. The summed E-state index contributed by atoms with van der Waals surface area (Å²) in [5.74, 6) is -0.240. The summed E-state index contributed by atoms with van der Waals surface area (Å²) in [7, 11) is 0. The van der Waals surface area contributed by atoms with Gasteiger partial charge in [0.05, 0.1) is 6.10 Å². The summed E-state index contributed by atoms with van der Waals surface area (Å²) < 4.78 is 13.6. The molecule has 0 fully saturated rings. The van der Waals surface area contributed by atoms with Crippen LogP contribution in [0.5, 0.6) is 0 Å². The van der Waals surface area contributed by atoms with Crippen molar-refractivity contribution in [2.24, 2.45) is 0 Å². The highest BCUT2D eigenvalue weighted by Gasteiger charge is 2.03. The zero-order chi connectivity index (χ0) is 10.6. The number of benzene rings is 1. The molecular formula is C10H13FINO. The molecule has 0 aliphatic carbocycles. The Hall–Kier alpha value is -0.360. The van der Waals surface area contributed by atoms with E-state index in [4.69, 9.17) is 0 Å². The van der Waals surface area contributed by atoms with Crippen molar-refractivity contribution in [1.82, 2.24) is 0 Å². The minimum Gasteiger partial charge on any atom is -0.391 e. The fraction of sp³-hybridized carbons (Fsp3) is 0.400. The zero-order valence-corrected chi connectivity index (χ0v) is 10.1. The Kier molecular flexibility index (Phi) is 4.60. The van der Waals surface area contributed by atoms with Crippen LogP contribution in [0.3, 0.4) is 0 Å². The van der Waals surface area contributed by atoms with Crippen LogP contribution in [-0.4, -0.2) is 17.8 Å². The van der Waals surface area contributed by atoms with Gasteiger partial charge in [0.1, 0.15) is 5.82 Å². The van der Waals surface area contributed by atoms with Gasteiger partial charge in [-0.2, -0.15) is 0 Å². The third-order valence-electron chi connectivity index (χ3n) is 1.93. The largest absolute Gasteiger partial charge is 0.391 e. The van der Waals surface area contributed by atoms with Crippen molar-refractivity contribution in [3.05, 3.63) is 27.6 Å². The Morgan fingerprint density at radius 1 is 1.57 bits per heavy atom. The van der Waals surface area contributed by atoms with E-state index in [9.17, 15) is 9.50 Å². The van der Waals surface area contributed by atoms with Crippen LogP contribution in [0.1, 0.15) is 13.3 Å². The lowest BCUT2D eigenvalue weighted by Crippen LogP contribution is -2.18. The second kappa shape index (κ2) is 5.50. The highest BCUT2D eigenvalue weighted by molar-refractivity contribution is 14.1. The molecule has 0 radical (unpaired) electrons. The van der Waals surface area contributed by atoms with Gasteiger partial charge < -0.3 is 10.4 Å². The Labute approximate surface area is 96.7 Å². The SMILES string of the molecule is CCC(O)CNc1ccc(F)cc1I. The van der Waals surface area contributed by atoms with Gasteiger partial charge in [-0.25, -0.2) is 4.39 Å². The van der Waals surface area contributed by atoms with Gasteiger partial charge >= 0.3 is 0 Å². The van der Waals surface area contributed by atoms with Gasteiger partial charge in [-0.1, -0.05) is 6.92 Å². The van der Waals surface area contributed by atoms with Gasteiger partial charge in [0, 0.05) is 15.8 Å². The summed E-state index contributed by atoms with van der Waals surface area (Å²) in [6, 6.07) is 4.55. The fourth-order valence-corrected chi connectivity index (χ4v) is 1.67. The monoisotopic (exact) mass is 309 g/mol. The Morgan fingerprint density at radius 2 is 2.29 bits per heavy atom. The molecule has 0 heterocycles. The molecule has 0 aliphatic heterocycles. The number of rotatable bonds is 4. The molecule has 78 valence electrons. The molecule has 0 aliphatic rings. The van der Waals surface area contributed by atoms with E-state index in [0.717, 1.165) is 9.26 Å². The molecular weight excluding hydrogens is 296 g/mol. The molecule has 14 heavy (non-hydrogen) atoms. The van der Waals surface area contributed by atoms with Crippen molar-refractivity contribution in [2.75, 3.05) is 11.9 Å². The summed E-state index contributed by atoms with van der Waals surface area (Å²) in [4.78, 5) is 0. The molecule has 0 saturated heterocycles. The highest BCUT2D eigenvalue weighted by atomic mass is 127. The maximum absolute atomic E-state index is 12.7. The summed E-state index contributed by atoms with van der Waals surface area (Å²) in [6.45, 7) is 2.42. The van der Waals surface area contributed by atoms with E-state index in [1.165, 1.54) is 12.1 Å². The lowest BCUT2D eigenvalue weighted by Gasteiger charge is -2.11. The molecule has 4 heteroatoms. The van der Waals surface area contributed by atoms with Crippen LogP contribution >= 0.6 is 22.6 Å². The van der Waals surface area contributed by atoms with E-state index in [1.54, 1.807) is 6.07 Å². The average Bonchev–Trinajstić information content (AvgIpc) is 2.16. The number of hydrogen-bond acceptors (Lipinski definition) is 2. The molecule has 0 saturated carbocycles. The van der Waals surface area contributed by atoms with E-state index >= 15 is 0 Å². The zero-order valence-electron chi connectivity index (χ0n) is 7.93.